The minimum atomic E-state index is -4.60. The van der Waals surface area contributed by atoms with E-state index in [2.05, 4.69) is 79.9 Å². The van der Waals surface area contributed by atoms with E-state index in [0.717, 1.165) is 64.2 Å². The zero-order valence-electron chi connectivity index (χ0n) is 44.3. The van der Waals surface area contributed by atoms with Crippen LogP contribution in [0.25, 0.3) is 0 Å². The van der Waals surface area contributed by atoms with Crippen molar-refractivity contribution in [1.29, 1.82) is 0 Å². The molecule has 1 amide bonds. The first-order valence-electron chi connectivity index (χ1n) is 27.8. The highest BCUT2D eigenvalue weighted by atomic mass is 31.2. The van der Waals surface area contributed by atoms with Crippen LogP contribution in [0.4, 0.5) is 0 Å². The van der Waals surface area contributed by atoms with Crippen molar-refractivity contribution in [3.63, 3.8) is 0 Å². The molecule has 0 radical (unpaired) electrons. The lowest BCUT2D eigenvalue weighted by atomic mass is 10.0. The summed E-state index contributed by atoms with van der Waals surface area (Å²) >= 11 is 0. The molecule has 0 aliphatic carbocycles. The maximum Gasteiger partial charge on any atom is 0.268 e. The van der Waals surface area contributed by atoms with Crippen molar-refractivity contribution in [2.45, 2.75) is 251 Å². The van der Waals surface area contributed by atoms with E-state index < -0.39 is 26.6 Å². The lowest BCUT2D eigenvalue weighted by Crippen LogP contribution is -2.45. The number of carbonyl (C=O) groups excluding carboxylic acids is 1. The summed E-state index contributed by atoms with van der Waals surface area (Å²) in [5.41, 5.74) is 0. The van der Waals surface area contributed by atoms with E-state index in [1.54, 1.807) is 6.08 Å². The number of quaternary nitrogens is 1. The number of amides is 1. The fraction of sp³-hybridized carbons (Fsp3) is 0.776. The summed E-state index contributed by atoms with van der Waals surface area (Å²) in [6, 6.07) is -0.903. The summed E-state index contributed by atoms with van der Waals surface area (Å²) < 4.78 is 23.2. The van der Waals surface area contributed by atoms with Crippen LogP contribution in [0.3, 0.4) is 0 Å². The van der Waals surface area contributed by atoms with Gasteiger partial charge in [0.2, 0.25) is 5.91 Å². The molecule has 0 saturated heterocycles. The van der Waals surface area contributed by atoms with Crippen LogP contribution in [-0.4, -0.2) is 68.5 Å². The Labute approximate surface area is 414 Å². The van der Waals surface area contributed by atoms with E-state index in [1.807, 2.05) is 27.2 Å². The Bertz CT molecular complexity index is 1320. The molecule has 0 heterocycles. The van der Waals surface area contributed by atoms with E-state index in [0.29, 0.717) is 17.4 Å². The Balaban J connectivity index is 4.02. The van der Waals surface area contributed by atoms with Gasteiger partial charge in [-0.05, 0) is 70.6 Å². The van der Waals surface area contributed by atoms with Crippen LogP contribution in [0.2, 0.25) is 0 Å². The third-order valence-electron chi connectivity index (χ3n) is 12.2. The molecule has 8 nitrogen and oxygen atoms in total. The maximum absolute atomic E-state index is 12.9. The average molecular weight is 959 g/mol. The Morgan fingerprint density at radius 2 is 0.925 bits per heavy atom. The molecule has 0 bridgehead atoms. The molecule has 0 aromatic rings. The average Bonchev–Trinajstić information content (AvgIpc) is 3.29. The molecule has 0 rings (SSSR count). The van der Waals surface area contributed by atoms with Gasteiger partial charge in [-0.2, -0.15) is 0 Å². The van der Waals surface area contributed by atoms with Crippen molar-refractivity contribution in [2.75, 3.05) is 40.9 Å². The van der Waals surface area contributed by atoms with Gasteiger partial charge in [0.25, 0.3) is 7.82 Å². The van der Waals surface area contributed by atoms with Crippen LogP contribution >= 0.6 is 7.82 Å². The normalized spacial score (nSPS) is 14.6. The van der Waals surface area contributed by atoms with Crippen LogP contribution in [0.1, 0.15) is 239 Å². The number of rotatable bonds is 50. The highest BCUT2D eigenvalue weighted by molar-refractivity contribution is 7.45. The fourth-order valence-electron chi connectivity index (χ4n) is 7.81. The standard InChI is InChI=1S/C58H107N2O6P/c1-6-8-10-12-14-16-18-20-21-22-23-24-25-26-27-28-29-30-31-32-33-34-35-36-37-38-39-40-42-44-46-48-50-52-58(62)59-56(55-66-67(63,64)65-54-53-60(3,4)5)57(61)51-49-47-45-43-41-19-17-15-13-11-9-7-2/h8,10,14,16,20-21,23-24,41,43,49,51,56-57,61H,6-7,9,11-13,15,17-19,22,25-40,42,44-48,50,52-55H2,1-5H3,(H-,59,62,63,64)/b10-8-,16-14-,21-20-,24-23-,43-41+,51-49+. The summed E-state index contributed by atoms with van der Waals surface area (Å²) in [4.78, 5) is 25.4. The number of nitrogens with one attached hydrogen (secondary N) is 1. The minimum Gasteiger partial charge on any atom is -0.756 e. The summed E-state index contributed by atoms with van der Waals surface area (Å²) in [5.74, 6) is -0.208. The number of phosphoric ester groups is 1. The van der Waals surface area contributed by atoms with Gasteiger partial charge in [0.1, 0.15) is 13.2 Å². The van der Waals surface area contributed by atoms with Crippen molar-refractivity contribution in [2.24, 2.45) is 0 Å². The summed E-state index contributed by atoms with van der Waals surface area (Å²) in [6.07, 6.45) is 67.1. The SMILES string of the molecule is CC/C=C\C/C=C\C/C=C\C/C=C\CCCCCCCCCCCCCCCCCCCCCCC(=O)NC(COP(=O)([O-])OCC[N+](C)(C)C)C(O)/C=C/CC/C=C/CCCCCCCC. The van der Waals surface area contributed by atoms with Gasteiger partial charge in [-0.1, -0.05) is 234 Å². The maximum atomic E-state index is 12.9. The van der Waals surface area contributed by atoms with Gasteiger partial charge in [-0.3, -0.25) is 9.36 Å². The van der Waals surface area contributed by atoms with E-state index in [-0.39, 0.29) is 12.5 Å². The number of hydrogen-bond donors (Lipinski definition) is 2. The molecule has 3 atom stereocenters. The lowest BCUT2D eigenvalue weighted by Gasteiger charge is -2.29. The minimum absolute atomic E-state index is 0.00728. The molecule has 3 unspecified atom stereocenters. The van der Waals surface area contributed by atoms with E-state index in [9.17, 15) is 19.4 Å². The molecule has 0 spiro atoms. The molecule has 0 aromatic heterocycles. The third-order valence-corrected chi connectivity index (χ3v) is 13.1. The Hall–Kier alpha value is -2.06. The molecule has 390 valence electrons. The zero-order valence-corrected chi connectivity index (χ0v) is 45.2. The molecule has 9 heteroatoms. The second-order valence-corrected chi connectivity index (χ2v) is 21.3. The molecule has 0 aliphatic rings. The number of allylic oxidation sites excluding steroid dienone is 11. The number of nitrogens with zero attached hydrogens (tertiary/aromatic N) is 1. The predicted molar refractivity (Wildman–Crippen MR) is 288 cm³/mol. The largest absolute Gasteiger partial charge is 0.756 e. The van der Waals surface area contributed by atoms with Crippen LogP contribution in [-0.2, 0) is 18.4 Å². The number of aliphatic hydroxyl groups excluding tert-OH is 1. The topological polar surface area (TPSA) is 108 Å². The quantitative estimate of drug-likeness (QED) is 0.0272. The summed E-state index contributed by atoms with van der Waals surface area (Å²) in [5, 5.41) is 13.8. The van der Waals surface area contributed by atoms with Gasteiger partial charge in [-0.25, -0.2) is 0 Å². The highest BCUT2D eigenvalue weighted by Crippen LogP contribution is 2.38. The first-order chi connectivity index (χ1) is 32.5. The lowest BCUT2D eigenvalue weighted by molar-refractivity contribution is -0.870. The summed E-state index contributed by atoms with van der Waals surface area (Å²) in [7, 11) is 1.24. The number of unbranched alkanes of at least 4 members (excludes halogenated alkanes) is 27. The molecular weight excluding hydrogens is 852 g/mol. The molecule has 0 aromatic carbocycles. The van der Waals surface area contributed by atoms with Crippen molar-refractivity contribution < 1.29 is 32.9 Å². The first kappa shape index (κ1) is 64.9. The van der Waals surface area contributed by atoms with Crippen molar-refractivity contribution in [3.05, 3.63) is 72.9 Å². The number of aliphatic hydroxyl groups is 1. The van der Waals surface area contributed by atoms with Gasteiger partial charge >= 0.3 is 0 Å². The number of carbonyl (C=O) groups is 1. The van der Waals surface area contributed by atoms with Gasteiger partial charge in [0, 0.05) is 6.42 Å². The second-order valence-electron chi connectivity index (χ2n) is 19.9. The van der Waals surface area contributed by atoms with Crippen LogP contribution in [0.15, 0.2) is 72.9 Å². The molecule has 0 aliphatic heterocycles. The van der Waals surface area contributed by atoms with E-state index >= 15 is 0 Å². The van der Waals surface area contributed by atoms with Gasteiger partial charge in [0.15, 0.2) is 0 Å². The number of phosphoric acid groups is 1. The van der Waals surface area contributed by atoms with E-state index in [1.165, 1.54) is 154 Å². The molecule has 2 N–H and O–H groups in total. The molecule has 0 saturated carbocycles. The summed E-state index contributed by atoms with van der Waals surface area (Å²) in [6.45, 7) is 4.50. The first-order valence-corrected chi connectivity index (χ1v) is 29.3. The predicted octanol–water partition coefficient (Wildman–Crippen LogP) is 16.1. The van der Waals surface area contributed by atoms with E-state index in [4.69, 9.17) is 9.05 Å². The van der Waals surface area contributed by atoms with Crippen molar-refractivity contribution in [1.82, 2.24) is 5.32 Å². The van der Waals surface area contributed by atoms with Crippen molar-refractivity contribution in [3.8, 4) is 0 Å². The number of hydrogen-bond acceptors (Lipinski definition) is 6. The van der Waals surface area contributed by atoms with Crippen LogP contribution in [0, 0.1) is 0 Å². The zero-order chi connectivity index (χ0) is 49.2. The third kappa shape index (κ3) is 51.6. The van der Waals surface area contributed by atoms with Gasteiger partial charge in [0.05, 0.1) is 39.9 Å². The van der Waals surface area contributed by atoms with Crippen LogP contribution in [0.5, 0.6) is 0 Å². The fourth-order valence-corrected chi connectivity index (χ4v) is 8.53. The smallest absolute Gasteiger partial charge is 0.268 e. The number of likely N-dealkylation sites (N-methyl/N-ethyl adjacent to an activating group) is 1. The van der Waals surface area contributed by atoms with Gasteiger partial charge < -0.3 is 28.8 Å². The van der Waals surface area contributed by atoms with Crippen molar-refractivity contribution >= 4 is 13.7 Å². The Kier molecular flexibility index (Phi) is 47.4. The van der Waals surface area contributed by atoms with Gasteiger partial charge in [-0.15, -0.1) is 0 Å². The Morgan fingerprint density at radius 1 is 0.537 bits per heavy atom. The van der Waals surface area contributed by atoms with Crippen LogP contribution < -0.4 is 10.2 Å². The molecule has 0 fully saturated rings. The monoisotopic (exact) mass is 959 g/mol. The molecule has 67 heavy (non-hydrogen) atoms. The Morgan fingerprint density at radius 3 is 1.39 bits per heavy atom. The second kappa shape index (κ2) is 48.9. The molecular formula is C58H107N2O6P. The highest BCUT2D eigenvalue weighted by Gasteiger charge is 2.23.